The van der Waals surface area contributed by atoms with Gasteiger partial charge in [0.25, 0.3) is 5.91 Å². The van der Waals surface area contributed by atoms with E-state index >= 15 is 0 Å². The first-order valence-electron chi connectivity index (χ1n) is 11.7. The van der Waals surface area contributed by atoms with Crippen LogP contribution in [0.4, 0.5) is 14.5 Å². The van der Waals surface area contributed by atoms with E-state index in [1.165, 1.54) is 30.3 Å². The molecule has 7 nitrogen and oxygen atoms in total. The summed E-state index contributed by atoms with van der Waals surface area (Å²) in [5.41, 5.74) is 2.64. The number of anilines is 1. The van der Waals surface area contributed by atoms with Crippen molar-refractivity contribution in [1.29, 1.82) is 0 Å². The largest absolute Gasteiger partial charge is 0.497 e. The second-order valence-corrected chi connectivity index (χ2v) is 8.25. The van der Waals surface area contributed by atoms with Crippen LogP contribution in [0.5, 0.6) is 11.8 Å². The summed E-state index contributed by atoms with van der Waals surface area (Å²) >= 11 is 0. The Labute approximate surface area is 217 Å². The molecule has 38 heavy (non-hydrogen) atoms. The van der Waals surface area contributed by atoms with Gasteiger partial charge in [0.2, 0.25) is 0 Å². The fourth-order valence-electron chi connectivity index (χ4n) is 3.72. The van der Waals surface area contributed by atoms with E-state index < -0.39 is 11.7 Å². The van der Waals surface area contributed by atoms with Crippen molar-refractivity contribution in [3.8, 4) is 28.8 Å². The molecule has 5 rings (SSSR count). The van der Waals surface area contributed by atoms with Gasteiger partial charge in [-0.25, -0.2) is 13.5 Å². The zero-order chi connectivity index (χ0) is 26.5. The van der Waals surface area contributed by atoms with Crippen LogP contribution < -0.4 is 14.8 Å². The van der Waals surface area contributed by atoms with E-state index in [0.717, 1.165) is 11.1 Å². The van der Waals surface area contributed by atoms with E-state index in [0.29, 0.717) is 22.9 Å². The number of hydrogen-bond donors (Lipinski definition) is 1. The quantitative estimate of drug-likeness (QED) is 0.274. The van der Waals surface area contributed by atoms with Crippen molar-refractivity contribution < 1.29 is 23.0 Å². The molecule has 1 aromatic heterocycles. The van der Waals surface area contributed by atoms with E-state index in [1.807, 2.05) is 24.3 Å². The van der Waals surface area contributed by atoms with Gasteiger partial charge in [-0.15, -0.1) is 5.10 Å². The molecule has 1 amide bonds. The first kappa shape index (κ1) is 24.6. The van der Waals surface area contributed by atoms with Crippen LogP contribution in [-0.4, -0.2) is 27.8 Å². The Kier molecular flexibility index (Phi) is 7.08. The molecule has 0 fully saturated rings. The van der Waals surface area contributed by atoms with Gasteiger partial charge < -0.3 is 14.8 Å². The third-order valence-corrected chi connectivity index (χ3v) is 5.71. The Balaban J connectivity index is 1.41. The van der Waals surface area contributed by atoms with E-state index in [4.69, 9.17) is 9.47 Å². The number of aromatic nitrogens is 3. The fraction of sp³-hybridized carbons (Fsp3) is 0.0690. The number of methoxy groups -OCH3 is 1. The maximum absolute atomic E-state index is 14.0. The molecule has 0 aliphatic carbocycles. The van der Waals surface area contributed by atoms with Crippen LogP contribution in [0.25, 0.3) is 17.1 Å². The van der Waals surface area contributed by atoms with Gasteiger partial charge in [-0.1, -0.05) is 24.3 Å². The Morgan fingerprint density at radius 2 is 1.61 bits per heavy atom. The number of benzene rings is 4. The minimum atomic E-state index is -0.596. The molecule has 0 saturated carbocycles. The second kappa shape index (κ2) is 10.9. The highest BCUT2D eigenvalue weighted by Gasteiger charge is 2.16. The van der Waals surface area contributed by atoms with E-state index in [9.17, 15) is 13.6 Å². The normalized spacial score (nSPS) is 10.7. The lowest BCUT2D eigenvalue weighted by Gasteiger charge is -2.09. The van der Waals surface area contributed by atoms with E-state index in [2.05, 4.69) is 15.4 Å². The standard InChI is InChI=1S/C29H22F2N4O3/c1-37-24-16-8-20(9-17-24)27-33-29(38-18-19-6-10-21(30)11-7-19)34-35(27)23-14-12-22(13-15-23)32-28(36)25-4-2-3-5-26(25)31/h2-17H,18H2,1H3,(H,32,36). The Morgan fingerprint density at radius 3 is 2.29 bits per heavy atom. The molecule has 5 aromatic rings. The molecule has 9 heteroatoms. The summed E-state index contributed by atoms with van der Waals surface area (Å²) in [4.78, 5) is 17.0. The molecular formula is C29H22F2N4O3. The second-order valence-electron chi connectivity index (χ2n) is 8.25. The summed E-state index contributed by atoms with van der Waals surface area (Å²) < 4.78 is 39.8. The minimum absolute atomic E-state index is 0.0439. The Bertz CT molecular complexity index is 1550. The predicted molar refractivity (Wildman–Crippen MR) is 138 cm³/mol. The number of nitrogens with zero attached hydrogens (tertiary/aromatic N) is 3. The fourth-order valence-corrected chi connectivity index (χ4v) is 3.72. The van der Waals surface area contributed by atoms with Gasteiger partial charge in [0.05, 0.1) is 18.4 Å². The summed E-state index contributed by atoms with van der Waals surface area (Å²) in [6.45, 7) is 0.160. The molecule has 0 unspecified atom stereocenters. The van der Waals surface area contributed by atoms with Gasteiger partial charge >= 0.3 is 6.01 Å². The number of rotatable bonds is 8. The molecule has 4 aromatic carbocycles. The third-order valence-electron chi connectivity index (χ3n) is 5.71. The smallest absolute Gasteiger partial charge is 0.336 e. The molecule has 0 bridgehead atoms. The van der Waals surface area contributed by atoms with Crippen LogP contribution in [0.2, 0.25) is 0 Å². The highest BCUT2D eigenvalue weighted by molar-refractivity contribution is 6.04. The Morgan fingerprint density at radius 1 is 0.895 bits per heavy atom. The zero-order valence-electron chi connectivity index (χ0n) is 20.3. The summed E-state index contributed by atoms with van der Waals surface area (Å²) in [5.74, 6) is -0.257. The van der Waals surface area contributed by atoms with Crippen LogP contribution in [0, 0.1) is 11.6 Å². The average Bonchev–Trinajstić information content (AvgIpc) is 3.38. The number of halogens is 2. The summed E-state index contributed by atoms with van der Waals surface area (Å²) in [6, 6.07) is 26.1. The number of nitrogens with one attached hydrogen (secondary N) is 1. The topological polar surface area (TPSA) is 78.3 Å². The van der Waals surface area contributed by atoms with Crippen molar-refractivity contribution in [3.05, 3.63) is 120 Å². The van der Waals surface area contributed by atoms with E-state index in [1.54, 1.807) is 54.3 Å². The summed E-state index contributed by atoms with van der Waals surface area (Å²) in [5, 5.41) is 7.22. The van der Waals surface area contributed by atoms with Gasteiger partial charge in [-0.3, -0.25) is 4.79 Å². The first-order chi connectivity index (χ1) is 18.5. The number of hydrogen-bond acceptors (Lipinski definition) is 5. The van der Waals surface area contributed by atoms with Crippen molar-refractivity contribution in [2.24, 2.45) is 0 Å². The molecule has 0 spiro atoms. The highest BCUT2D eigenvalue weighted by atomic mass is 19.1. The lowest BCUT2D eigenvalue weighted by molar-refractivity contribution is 0.102. The van der Waals surface area contributed by atoms with Crippen LogP contribution in [-0.2, 0) is 6.61 Å². The Hall–Kier alpha value is -5.05. The van der Waals surface area contributed by atoms with Crippen molar-refractivity contribution in [3.63, 3.8) is 0 Å². The SMILES string of the molecule is COc1ccc(-c2nc(OCc3ccc(F)cc3)nn2-c2ccc(NC(=O)c3ccccc3F)cc2)cc1. The average molecular weight is 513 g/mol. The minimum Gasteiger partial charge on any atom is -0.497 e. The summed E-state index contributed by atoms with van der Waals surface area (Å²) in [6.07, 6.45) is 0. The molecule has 1 heterocycles. The number of carbonyl (C=O) groups is 1. The first-order valence-corrected chi connectivity index (χ1v) is 11.7. The lowest BCUT2D eigenvalue weighted by Crippen LogP contribution is -2.13. The van der Waals surface area contributed by atoms with Gasteiger partial charge in [-0.05, 0) is 78.4 Å². The number of ether oxygens (including phenoxy) is 2. The van der Waals surface area contributed by atoms with E-state index in [-0.39, 0.29) is 24.0 Å². The molecule has 190 valence electrons. The van der Waals surface area contributed by atoms with Crippen molar-refractivity contribution in [1.82, 2.24) is 14.8 Å². The molecule has 0 saturated heterocycles. The van der Waals surface area contributed by atoms with Gasteiger partial charge in [0.1, 0.15) is 24.0 Å². The third kappa shape index (κ3) is 5.52. The molecule has 0 atom stereocenters. The number of amides is 1. The molecule has 0 aliphatic rings. The molecular weight excluding hydrogens is 490 g/mol. The van der Waals surface area contributed by atoms with Gasteiger partial charge in [0, 0.05) is 11.3 Å². The summed E-state index contributed by atoms with van der Waals surface area (Å²) in [7, 11) is 1.59. The monoisotopic (exact) mass is 512 g/mol. The zero-order valence-corrected chi connectivity index (χ0v) is 20.3. The van der Waals surface area contributed by atoms with Crippen LogP contribution >= 0.6 is 0 Å². The van der Waals surface area contributed by atoms with Crippen molar-refractivity contribution in [2.75, 3.05) is 12.4 Å². The van der Waals surface area contributed by atoms with Crippen LogP contribution in [0.1, 0.15) is 15.9 Å². The van der Waals surface area contributed by atoms with Gasteiger partial charge in [0.15, 0.2) is 5.82 Å². The molecule has 0 aliphatic heterocycles. The number of carbonyl (C=O) groups excluding carboxylic acids is 1. The van der Waals surface area contributed by atoms with Crippen LogP contribution in [0.15, 0.2) is 97.1 Å². The van der Waals surface area contributed by atoms with Crippen molar-refractivity contribution >= 4 is 11.6 Å². The maximum atomic E-state index is 14.0. The van der Waals surface area contributed by atoms with Crippen molar-refractivity contribution in [2.45, 2.75) is 6.61 Å². The molecule has 0 radical (unpaired) electrons. The molecule has 1 N–H and O–H groups in total. The maximum Gasteiger partial charge on any atom is 0.336 e. The lowest BCUT2D eigenvalue weighted by atomic mass is 10.2. The predicted octanol–water partition coefficient (Wildman–Crippen LogP) is 6.05. The van der Waals surface area contributed by atoms with Crippen LogP contribution in [0.3, 0.4) is 0 Å². The van der Waals surface area contributed by atoms with Gasteiger partial charge in [-0.2, -0.15) is 4.98 Å². The highest BCUT2D eigenvalue weighted by Crippen LogP contribution is 2.26.